The summed E-state index contributed by atoms with van der Waals surface area (Å²) in [5.41, 5.74) is 5.55. The Morgan fingerprint density at radius 2 is 1.68 bits per heavy atom. The maximum Gasteiger partial charge on any atom is 0.410 e. The molecule has 2 aliphatic carbocycles. The summed E-state index contributed by atoms with van der Waals surface area (Å²) < 4.78 is 5.46. The van der Waals surface area contributed by atoms with Crippen molar-refractivity contribution in [2.24, 2.45) is 5.73 Å². The summed E-state index contributed by atoms with van der Waals surface area (Å²) in [6, 6.07) is 1.87. The topological polar surface area (TPSA) is 67.6 Å². The van der Waals surface area contributed by atoms with Crippen molar-refractivity contribution < 1.29 is 9.53 Å². The van der Waals surface area contributed by atoms with Crippen LogP contribution in [-0.4, -0.2) is 47.8 Å². The monoisotopic (exact) mass is 311 g/mol. The molecule has 0 radical (unpaired) electrons. The number of nitrogens with zero attached hydrogens (tertiary/aromatic N) is 1. The molecule has 1 amide bonds. The fraction of sp³-hybridized carbons (Fsp3) is 0.941. The number of amides is 1. The van der Waals surface area contributed by atoms with Gasteiger partial charge < -0.3 is 20.7 Å². The lowest BCUT2D eigenvalue weighted by Crippen LogP contribution is -2.46. The van der Waals surface area contributed by atoms with Gasteiger partial charge >= 0.3 is 6.09 Å². The Morgan fingerprint density at radius 3 is 2.18 bits per heavy atom. The van der Waals surface area contributed by atoms with Crippen LogP contribution in [0.25, 0.3) is 0 Å². The van der Waals surface area contributed by atoms with Crippen LogP contribution < -0.4 is 11.1 Å². The molecule has 2 aliphatic rings. The number of hydrogen-bond acceptors (Lipinski definition) is 4. The van der Waals surface area contributed by atoms with Crippen molar-refractivity contribution in [3.05, 3.63) is 0 Å². The zero-order valence-electron chi connectivity index (χ0n) is 14.6. The highest BCUT2D eigenvalue weighted by atomic mass is 16.6. The lowest BCUT2D eigenvalue weighted by molar-refractivity contribution is 0.0178. The minimum absolute atomic E-state index is 0.203. The third-order valence-corrected chi connectivity index (χ3v) is 4.87. The SMILES string of the molecule is CN(C(=O)OC(C)(C)C)C1CCC(NC2CCC(N)C2)CC1. The third kappa shape index (κ3) is 5.13. The molecule has 0 bridgehead atoms. The predicted octanol–water partition coefficient (Wildman–Crippen LogP) is 2.63. The molecule has 2 fully saturated rings. The van der Waals surface area contributed by atoms with E-state index in [4.69, 9.17) is 10.5 Å². The Bertz CT molecular complexity index is 373. The normalized spacial score (nSPS) is 32.8. The fourth-order valence-electron chi connectivity index (χ4n) is 3.61. The van der Waals surface area contributed by atoms with Crippen LogP contribution in [0.4, 0.5) is 4.79 Å². The lowest BCUT2D eigenvalue weighted by atomic mass is 9.90. The van der Waals surface area contributed by atoms with E-state index in [0.29, 0.717) is 24.2 Å². The maximum absolute atomic E-state index is 12.1. The van der Waals surface area contributed by atoms with Gasteiger partial charge in [-0.1, -0.05) is 0 Å². The quantitative estimate of drug-likeness (QED) is 0.841. The van der Waals surface area contributed by atoms with Gasteiger partial charge in [-0.05, 0) is 65.7 Å². The first-order valence-electron chi connectivity index (χ1n) is 8.72. The van der Waals surface area contributed by atoms with Gasteiger partial charge in [0.2, 0.25) is 0 Å². The van der Waals surface area contributed by atoms with Crippen LogP contribution in [-0.2, 0) is 4.74 Å². The maximum atomic E-state index is 12.1. The van der Waals surface area contributed by atoms with E-state index in [2.05, 4.69) is 5.32 Å². The van der Waals surface area contributed by atoms with Crippen molar-refractivity contribution in [2.45, 2.75) is 95.5 Å². The highest BCUT2D eigenvalue weighted by molar-refractivity contribution is 5.68. The molecule has 5 nitrogen and oxygen atoms in total. The fourth-order valence-corrected chi connectivity index (χ4v) is 3.61. The van der Waals surface area contributed by atoms with Crippen molar-refractivity contribution in [1.82, 2.24) is 10.2 Å². The van der Waals surface area contributed by atoms with Gasteiger partial charge in [0.15, 0.2) is 0 Å². The molecular formula is C17H33N3O2. The summed E-state index contributed by atoms with van der Waals surface area (Å²) >= 11 is 0. The summed E-state index contributed by atoms with van der Waals surface area (Å²) in [5, 5.41) is 3.76. The Labute approximate surface area is 134 Å². The van der Waals surface area contributed by atoms with Gasteiger partial charge in [-0.15, -0.1) is 0 Å². The van der Waals surface area contributed by atoms with Gasteiger partial charge in [0.1, 0.15) is 5.60 Å². The molecule has 128 valence electrons. The van der Waals surface area contributed by atoms with Crippen LogP contribution in [0.3, 0.4) is 0 Å². The van der Waals surface area contributed by atoms with Crippen LogP contribution in [0.1, 0.15) is 65.7 Å². The second kappa shape index (κ2) is 7.18. The zero-order valence-corrected chi connectivity index (χ0v) is 14.6. The molecule has 5 heteroatoms. The summed E-state index contributed by atoms with van der Waals surface area (Å²) in [7, 11) is 1.86. The van der Waals surface area contributed by atoms with Crippen LogP contribution in [0.5, 0.6) is 0 Å². The Morgan fingerprint density at radius 1 is 1.09 bits per heavy atom. The molecule has 22 heavy (non-hydrogen) atoms. The van der Waals surface area contributed by atoms with Gasteiger partial charge in [0.05, 0.1) is 0 Å². The highest BCUT2D eigenvalue weighted by Crippen LogP contribution is 2.26. The smallest absolute Gasteiger partial charge is 0.410 e. The number of nitrogens with two attached hydrogens (primary N) is 1. The van der Waals surface area contributed by atoms with Gasteiger partial charge in [0.25, 0.3) is 0 Å². The van der Waals surface area contributed by atoms with E-state index in [1.165, 1.54) is 6.42 Å². The first-order valence-corrected chi connectivity index (χ1v) is 8.72. The van der Waals surface area contributed by atoms with E-state index >= 15 is 0 Å². The summed E-state index contributed by atoms with van der Waals surface area (Å²) in [4.78, 5) is 13.9. The Kier molecular flexibility index (Phi) is 5.72. The van der Waals surface area contributed by atoms with E-state index in [-0.39, 0.29) is 6.09 Å². The van der Waals surface area contributed by atoms with Gasteiger partial charge in [-0.3, -0.25) is 0 Å². The number of ether oxygens (including phenoxy) is 1. The summed E-state index contributed by atoms with van der Waals surface area (Å²) in [5.74, 6) is 0. The van der Waals surface area contributed by atoms with E-state index in [1.807, 2.05) is 27.8 Å². The first kappa shape index (κ1) is 17.5. The standard InChI is InChI=1S/C17H33N3O2/c1-17(2,3)22-16(21)20(4)15-9-7-13(8-10-15)19-14-6-5-12(18)11-14/h12-15,19H,5-11,18H2,1-4H3. The molecule has 0 aromatic rings. The number of nitrogens with one attached hydrogen (secondary N) is 1. The van der Waals surface area contributed by atoms with Gasteiger partial charge in [0, 0.05) is 31.2 Å². The highest BCUT2D eigenvalue weighted by Gasteiger charge is 2.31. The van der Waals surface area contributed by atoms with E-state index in [9.17, 15) is 4.79 Å². The molecule has 2 unspecified atom stereocenters. The minimum Gasteiger partial charge on any atom is -0.444 e. The van der Waals surface area contributed by atoms with Crippen LogP contribution >= 0.6 is 0 Å². The van der Waals surface area contributed by atoms with Crippen LogP contribution in [0, 0.1) is 0 Å². The molecule has 0 aliphatic heterocycles. The molecule has 0 heterocycles. The van der Waals surface area contributed by atoms with Crippen molar-refractivity contribution in [3.8, 4) is 0 Å². The molecule has 0 spiro atoms. The molecule has 2 rings (SSSR count). The van der Waals surface area contributed by atoms with E-state index in [1.54, 1.807) is 4.90 Å². The van der Waals surface area contributed by atoms with Crippen molar-refractivity contribution in [1.29, 1.82) is 0 Å². The summed E-state index contributed by atoms with van der Waals surface area (Å²) in [6.45, 7) is 5.73. The second-order valence-corrected chi connectivity index (χ2v) is 8.03. The zero-order chi connectivity index (χ0) is 16.3. The molecule has 3 N–H and O–H groups in total. The van der Waals surface area contributed by atoms with E-state index in [0.717, 1.165) is 38.5 Å². The molecule has 0 saturated heterocycles. The molecule has 0 aromatic heterocycles. The summed E-state index contributed by atoms with van der Waals surface area (Å²) in [6.07, 6.45) is 7.61. The largest absolute Gasteiger partial charge is 0.444 e. The predicted molar refractivity (Wildman–Crippen MR) is 88.8 cm³/mol. The van der Waals surface area contributed by atoms with Gasteiger partial charge in [-0.2, -0.15) is 0 Å². The molecular weight excluding hydrogens is 278 g/mol. The molecule has 2 atom stereocenters. The molecule has 2 saturated carbocycles. The van der Waals surface area contributed by atoms with Crippen molar-refractivity contribution in [2.75, 3.05) is 7.05 Å². The van der Waals surface area contributed by atoms with E-state index < -0.39 is 5.60 Å². The van der Waals surface area contributed by atoms with Gasteiger partial charge in [-0.25, -0.2) is 4.79 Å². The molecule has 0 aromatic carbocycles. The number of rotatable bonds is 3. The third-order valence-electron chi connectivity index (χ3n) is 4.87. The number of carbonyl (C=O) groups is 1. The average molecular weight is 311 g/mol. The lowest BCUT2D eigenvalue weighted by Gasteiger charge is -2.36. The number of carbonyl (C=O) groups excluding carboxylic acids is 1. The van der Waals surface area contributed by atoms with Crippen molar-refractivity contribution >= 4 is 6.09 Å². The van der Waals surface area contributed by atoms with Crippen LogP contribution in [0.15, 0.2) is 0 Å². The van der Waals surface area contributed by atoms with Crippen LogP contribution in [0.2, 0.25) is 0 Å². The number of hydrogen-bond donors (Lipinski definition) is 2. The Hall–Kier alpha value is -0.810. The Balaban J connectivity index is 1.73. The first-order chi connectivity index (χ1) is 10.2. The minimum atomic E-state index is -0.425. The second-order valence-electron chi connectivity index (χ2n) is 8.03. The average Bonchev–Trinajstić information content (AvgIpc) is 2.82. The van der Waals surface area contributed by atoms with Crippen molar-refractivity contribution in [3.63, 3.8) is 0 Å².